The summed E-state index contributed by atoms with van der Waals surface area (Å²) in [6.07, 6.45) is 3.18. The molecule has 0 saturated carbocycles. The highest BCUT2D eigenvalue weighted by Gasteiger charge is 2.06. The SMILES string of the molecule is NCCNC(=O)c1cnn(CCN)c1. The average Bonchev–Trinajstić information content (AvgIpc) is 2.63. The summed E-state index contributed by atoms with van der Waals surface area (Å²) >= 11 is 0. The Balaban J connectivity index is 2.53. The van der Waals surface area contributed by atoms with Gasteiger partial charge in [0.25, 0.3) is 5.91 Å². The van der Waals surface area contributed by atoms with Gasteiger partial charge in [-0.25, -0.2) is 0 Å². The molecule has 0 fully saturated rings. The predicted octanol–water partition coefficient (Wildman–Crippen LogP) is -1.47. The van der Waals surface area contributed by atoms with Crippen molar-refractivity contribution in [3.05, 3.63) is 18.0 Å². The molecule has 1 rings (SSSR count). The minimum Gasteiger partial charge on any atom is -0.351 e. The zero-order valence-electron chi connectivity index (χ0n) is 7.94. The first kappa shape index (κ1) is 10.7. The Morgan fingerprint density at radius 1 is 1.50 bits per heavy atom. The molecule has 6 heteroatoms. The molecule has 0 bridgehead atoms. The van der Waals surface area contributed by atoms with Gasteiger partial charge in [0.2, 0.25) is 0 Å². The molecule has 1 heterocycles. The van der Waals surface area contributed by atoms with E-state index in [-0.39, 0.29) is 5.91 Å². The van der Waals surface area contributed by atoms with Crippen molar-refractivity contribution in [1.29, 1.82) is 0 Å². The predicted molar refractivity (Wildman–Crippen MR) is 52.7 cm³/mol. The van der Waals surface area contributed by atoms with Gasteiger partial charge >= 0.3 is 0 Å². The Hall–Kier alpha value is -1.40. The van der Waals surface area contributed by atoms with Gasteiger partial charge in [-0.1, -0.05) is 0 Å². The van der Waals surface area contributed by atoms with Gasteiger partial charge in [-0.2, -0.15) is 5.10 Å². The van der Waals surface area contributed by atoms with Gasteiger partial charge in [-0.3, -0.25) is 9.48 Å². The Bertz CT molecular complexity index is 296. The van der Waals surface area contributed by atoms with Crippen LogP contribution < -0.4 is 16.8 Å². The third kappa shape index (κ3) is 2.82. The van der Waals surface area contributed by atoms with E-state index in [4.69, 9.17) is 11.5 Å². The Morgan fingerprint density at radius 3 is 2.93 bits per heavy atom. The monoisotopic (exact) mass is 197 g/mol. The molecular weight excluding hydrogens is 182 g/mol. The largest absolute Gasteiger partial charge is 0.351 e. The van der Waals surface area contributed by atoms with E-state index < -0.39 is 0 Å². The fraction of sp³-hybridized carbons (Fsp3) is 0.500. The second kappa shape index (κ2) is 5.36. The van der Waals surface area contributed by atoms with Gasteiger partial charge in [-0.15, -0.1) is 0 Å². The van der Waals surface area contributed by atoms with Crippen LogP contribution in [0.4, 0.5) is 0 Å². The Kier molecular flexibility index (Phi) is 4.09. The minimum absolute atomic E-state index is 0.154. The summed E-state index contributed by atoms with van der Waals surface area (Å²) in [5.41, 5.74) is 11.1. The summed E-state index contributed by atoms with van der Waals surface area (Å²) < 4.78 is 1.64. The summed E-state index contributed by atoms with van der Waals surface area (Å²) in [5.74, 6) is -0.154. The molecular formula is C8H15N5O. The molecule has 0 aliphatic rings. The number of aromatic nitrogens is 2. The third-order valence-electron chi connectivity index (χ3n) is 1.68. The van der Waals surface area contributed by atoms with E-state index in [9.17, 15) is 4.79 Å². The molecule has 1 aromatic rings. The van der Waals surface area contributed by atoms with E-state index in [1.165, 1.54) is 6.20 Å². The van der Waals surface area contributed by atoms with Gasteiger partial charge < -0.3 is 16.8 Å². The highest BCUT2D eigenvalue weighted by Crippen LogP contribution is 1.96. The number of hydrogen-bond acceptors (Lipinski definition) is 4. The first-order valence-corrected chi connectivity index (χ1v) is 4.48. The molecule has 0 spiro atoms. The van der Waals surface area contributed by atoms with Crippen molar-refractivity contribution in [2.45, 2.75) is 6.54 Å². The number of carbonyl (C=O) groups is 1. The van der Waals surface area contributed by atoms with Crippen LogP contribution >= 0.6 is 0 Å². The fourth-order valence-corrected chi connectivity index (χ4v) is 1.02. The number of hydrogen-bond donors (Lipinski definition) is 3. The molecule has 1 amide bonds. The van der Waals surface area contributed by atoms with Crippen LogP contribution in [0.5, 0.6) is 0 Å². The van der Waals surface area contributed by atoms with Gasteiger partial charge in [-0.05, 0) is 0 Å². The number of nitrogens with one attached hydrogen (secondary N) is 1. The number of nitrogens with two attached hydrogens (primary N) is 2. The Morgan fingerprint density at radius 2 is 2.29 bits per heavy atom. The maximum absolute atomic E-state index is 11.4. The smallest absolute Gasteiger partial charge is 0.254 e. The van der Waals surface area contributed by atoms with Crippen LogP contribution in [0, 0.1) is 0 Å². The number of carbonyl (C=O) groups excluding carboxylic acids is 1. The maximum atomic E-state index is 11.4. The van der Waals surface area contributed by atoms with Gasteiger partial charge in [0, 0.05) is 25.8 Å². The van der Waals surface area contributed by atoms with E-state index in [0.29, 0.717) is 31.7 Å². The summed E-state index contributed by atoms with van der Waals surface area (Å²) in [5, 5.41) is 6.64. The highest BCUT2D eigenvalue weighted by atomic mass is 16.1. The van der Waals surface area contributed by atoms with Crippen LogP contribution in [-0.2, 0) is 6.54 Å². The Labute approximate surface area is 82.3 Å². The maximum Gasteiger partial charge on any atom is 0.254 e. The normalized spacial score (nSPS) is 10.1. The van der Waals surface area contributed by atoms with Crippen LogP contribution in [0.15, 0.2) is 12.4 Å². The zero-order valence-corrected chi connectivity index (χ0v) is 7.94. The standard InChI is InChI=1S/C8H15N5O/c9-1-3-11-8(14)7-5-12-13(6-7)4-2-10/h5-6H,1-4,9-10H2,(H,11,14). The van der Waals surface area contributed by atoms with Crippen molar-refractivity contribution in [3.8, 4) is 0 Å². The molecule has 0 aliphatic carbocycles. The van der Waals surface area contributed by atoms with E-state index in [2.05, 4.69) is 10.4 Å². The molecule has 5 N–H and O–H groups in total. The van der Waals surface area contributed by atoms with Gasteiger partial charge in [0.1, 0.15) is 0 Å². The van der Waals surface area contributed by atoms with Crippen LogP contribution in [0.3, 0.4) is 0 Å². The van der Waals surface area contributed by atoms with E-state index in [1.54, 1.807) is 10.9 Å². The summed E-state index contributed by atoms with van der Waals surface area (Å²) in [4.78, 5) is 11.4. The second-order valence-electron chi connectivity index (χ2n) is 2.83. The zero-order chi connectivity index (χ0) is 10.4. The fourth-order valence-electron chi connectivity index (χ4n) is 1.02. The lowest BCUT2D eigenvalue weighted by Crippen LogP contribution is -2.28. The number of nitrogens with zero attached hydrogens (tertiary/aromatic N) is 2. The lowest BCUT2D eigenvalue weighted by atomic mass is 10.3. The van der Waals surface area contributed by atoms with Crippen molar-refractivity contribution >= 4 is 5.91 Å². The van der Waals surface area contributed by atoms with E-state index >= 15 is 0 Å². The molecule has 0 saturated heterocycles. The van der Waals surface area contributed by atoms with Crippen molar-refractivity contribution in [2.75, 3.05) is 19.6 Å². The number of amides is 1. The highest BCUT2D eigenvalue weighted by molar-refractivity contribution is 5.93. The molecule has 0 radical (unpaired) electrons. The molecule has 78 valence electrons. The van der Waals surface area contributed by atoms with Crippen molar-refractivity contribution < 1.29 is 4.79 Å². The second-order valence-corrected chi connectivity index (χ2v) is 2.83. The summed E-state index contributed by atoms with van der Waals surface area (Å²) in [7, 11) is 0. The summed E-state index contributed by atoms with van der Waals surface area (Å²) in [6.45, 7) is 2.03. The number of rotatable bonds is 5. The molecule has 0 unspecified atom stereocenters. The molecule has 0 atom stereocenters. The van der Waals surface area contributed by atoms with Gasteiger partial charge in [0.05, 0.1) is 18.3 Å². The topological polar surface area (TPSA) is 99.0 Å². The average molecular weight is 197 g/mol. The molecule has 6 nitrogen and oxygen atoms in total. The first-order valence-electron chi connectivity index (χ1n) is 4.48. The lowest BCUT2D eigenvalue weighted by molar-refractivity contribution is 0.0954. The summed E-state index contributed by atoms with van der Waals surface area (Å²) in [6, 6.07) is 0. The van der Waals surface area contributed by atoms with Crippen molar-refractivity contribution in [3.63, 3.8) is 0 Å². The molecule has 14 heavy (non-hydrogen) atoms. The van der Waals surface area contributed by atoms with Crippen LogP contribution in [0.1, 0.15) is 10.4 Å². The van der Waals surface area contributed by atoms with Crippen LogP contribution in [0.25, 0.3) is 0 Å². The van der Waals surface area contributed by atoms with Crippen molar-refractivity contribution in [1.82, 2.24) is 15.1 Å². The van der Waals surface area contributed by atoms with Crippen LogP contribution in [0.2, 0.25) is 0 Å². The van der Waals surface area contributed by atoms with Gasteiger partial charge in [0.15, 0.2) is 0 Å². The lowest BCUT2D eigenvalue weighted by Gasteiger charge is -1.99. The third-order valence-corrected chi connectivity index (χ3v) is 1.68. The quantitative estimate of drug-likeness (QED) is 0.536. The molecule has 1 aromatic heterocycles. The first-order chi connectivity index (χ1) is 6.77. The molecule has 0 aromatic carbocycles. The van der Waals surface area contributed by atoms with Crippen LogP contribution in [-0.4, -0.2) is 35.3 Å². The van der Waals surface area contributed by atoms with Crippen molar-refractivity contribution in [2.24, 2.45) is 11.5 Å². The van der Waals surface area contributed by atoms with E-state index in [0.717, 1.165) is 0 Å². The molecule has 0 aliphatic heterocycles. The minimum atomic E-state index is -0.154. The van der Waals surface area contributed by atoms with E-state index in [1.807, 2.05) is 0 Å².